The Kier molecular flexibility index (Phi) is 2.37. The third kappa shape index (κ3) is 1.62. The van der Waals surface area contributed by atoms with Crippen LogP contribution in [0.1, 0.15) is 39.5 Å². The van der Waals surface area contributed by atoms with E-state index in [2.05, 4.69) is 11.8 Å². The summed E-state index contributed by atoms with van der Waals surface area (Å²) in [6.07, 6.45) is 5.53. The van der Waals surface area contributed by atoms with Crippen LogP contribution in [0.5, 0.6) is 0 Å². The Morgan fingerprint density at radius 2 is 1.69 bits per heavy atom. The highest BCUT2D eigenvalue weighted by atomic mass is 16.3. The molecule has 1 saturated carbocycles. The molecule has 1 heterocycles. The maximum atomic E-state index is 9.45. The zero-order chi connectivity index (χ0) is 9.47. The zero-order valence-corrected chi connectivity index (χ0v) is 8.79. The molecule has 2 nitrogen and oxygen atoms in total. The Morgan fingerprint density at radius 3 is 2.15 bits per heavy atom. The second-order valence-electron chi connectivity index (χ2n) is 5.09. The summed E-state index contributed by atoms with van der Waals surface area (Å²) in [5.74, 6) is 0. The molecule has 0 aromatic carbocycles. The Labute approximate surface area is 80.9 Å². The molecule has 0 aromatic heterocycles. The second-order valence-corrected chi connectivity index (χ2v) is 5.09. The number of aliphatic hydroxyl groups excluding tert-OH is 1. The summed E-state index contributed by atoms with van der Waals surface area (Å²) in [5, 5.41) is 9.45. The highest BCUT2D eigenvalue weighted by Gasteiger charge is 2.46. The third-order valence-electron chi connectivity index (χ3n) is 4.02. The average Bonchev–Trinajstić information content (AvgIpc) is 2.47. The van der Waals surface area contributed by atoms with E-state index in [1.165, 1.54) is 38.8 Å². The lowest BCUT2D eigenvalue weighted by molar-refractivity contribution is -0.0559. The van der Waals surface area contributed by atoms with Crippen LogP contribution in [-0.2, 0) is 0 Å². The molecule has 1 saturated heterocycles. The molecule has 2 fully saturated rings. The van der Waals surface area contributed by atoms with Gasteiger partial charge in [-0.25, -0.2) is 0 Å². The van der Waals surface area contributed by atoms with Crippen molar-refractivity contribution in [2.75, 3.05) is 13.1 Å². The Bertz CT molecular complexity index is 177. The third-order valence-corrected chi connectivity index (χ3v) is 4.02. The van der Waals surface area contributed by atoms with Gasteiger partial charge in [0, 0.05) is 19.1 Å². The molecule has 1 N–H and O–H groups in total. The first-order valence-electron chi connectivity index (χ1n) is 5.55. The van der Waals surface area contributed by atoms with E-state index in [9.17, 15) is 5.11 Å². The highest BCUT2D eigenvalue weighted by Crippen LogP contribution is 2.46. The van der Waals surface area contributed by atoms with Crippen LogP contribution < -0.4 is 0 Å². The molecule has 2 aliphatic rings. The van der Waals surface area contributed by atoms with Gasteiger partial charge in [0.1, 0.15) is 0 Å². The fourth-order valence-electron chi connectivity index (χ4n) is 2.85. The van der Waals surface area contributed by atoms with Crippen LogP contribution in [0, 0.1) is 5.41 Å². The van der Waals surface area contributed by atoms with E-state index < -0.39 is 0 Å². The van der Waals surface area contributed by atoms with E-state index in [1.54, 1.807) is 0 Å². The Balaban J connectivity index is 1.83. The molecule has 0 aromatic rings. The minimum Gasteiger partial charge on any atom is -0.392 e. The van der Waals surface area contributed by atoms with Gasteiger partial charge in [0.2, 0.25) is 0 Å². The standard InChI is InChI=1S/C11H21NO/c1-9(10(2)13)12-7-11(8-12)5-3-4-6-11/h9-10,13H,3-8H2,1-2H3. The van der Waals surface area contributed by atoms with E-state index in [1.807, 2.05) is 6.92 Å². The maximum absolute atomic E-state index is 9.45. The number of nitrogens with zero attached hydrogens (tertiary/aromatic N) is 1. The van der Waals surface area contributed by atoms with Crippen LogP contribution in [0.4, 0.5) is 0 Å². The molecular weight excluding hydrogens is 162 g/mol. The molecule has 2 heteroatoms. The lowest BCUT2D eigenvalue weighted by Crippen LogP contribution is -2.60. The number of hydrogen-bond donors (Lipinski definition) is 1. The van der Waals surface area contributed by atoms with Crippen molar-refractivity contribution in [3.05, 3.63) is 0 Å². The molecule has 0 radical (unpaired) electrons. The predicted octanol–water partition coefficient (Wildman–Crippen LogP) is 1.63. The van der Waals surface area contributed by atoms with Crippen molar-refractivity contribution in [1.82, 2.24) is 4.90 Å². The second kappa shape index (κ2) is 3.25. The van der Waals surface area contributed by atoms with Gasteiger partial charge in [0.25, 0.3) is 0 Å². The van der Waals surface area contributed by atoms with E-state index >= 15 is 0 Å². The summed E-state index contributed by atoms with van der Waals surface area (Å²) in [4.78, 5) is 2.43. The average molecular weight is 183 g/mol. The van der Waals surface area contributed by atoms with E-state index in [-0.39, 0.29) is 6.10 Å². The van der Waals surface area contributed by atoms with E-state index in [0.717, 1.165) is 0 Å². The summed E-state index contributed by atoms with van der Waals surface area (Å²) >= 11 is 0. The quantitative estimate of drug-likeness (QED) is 0.703. The fourth-order valence-corrected chi connectivity index (χ4v) is 2.85. The van der Waals surface area contributed by atoms with Crippen LogP contribution in [0.25, 0.3) is 0 Å². The Hall–Kier alpha value is -0.0800. The minimum absolute atomic E-state index is 0.182. The lowest BCUT2D eigenvalue weighted by Gasteiger charge is -2.51. The van der Waals surface area contributed by atoms with Crippen molar-refractivity contribution in [1.29, 1.82) is 0 Å². The molecule has 13 heavy (non-hydrogen) atoms. The first-order chi connectivity index (χ1) is 6.13. The summed E-state index contributed by atoms with van der Waals surface area (Å²) in [6, 6.07) is 0.353. The van der Waals surface area contributed by atoms with Gasteiger partial charge in [-0.3, -0.25) is 4.90 Å². The normalized spacial score (nSPS) is 31.6. The topological polar surface area (TPSA) is 23.5 Å². The lowest BCUT2D eigenvalue weighted by atomic mass is 9.77. The van der Waals surface area contributed by atoms with E-state index in [4.69, 9.17) is 0 Å². The van der Waals surface area contributed by atoms with Crippen molar-refractivity contribution in [3.8, 4) is 0 Å². The molecule has 2 rings (SSSR count). The van der Waals surface area contributed by atoms with E-state index in [0.29, 0.717) is 11.5 Å². The smallest absolute Gasteiger partial charge is 0.0664 e. The summed E-state index contributed by atoms with van der Waals surface area (Å²) < 4.78 is 0. The number of rotatable bonds is 2. The summed E-state index contributed by atoms with van der Waals surface area (Å²) in [5.41, 5.74) is 0.670. The van der Waals surface area contributed by atoms with Crippen molar-refractivity contribution in [2.45, 2.75) is 51.7 Å². The van der Waals surface area contributed by atoms with Crippen molar-refractivity contribution < 1.29 is 5.11 Å². The van der Waals surface area contributed by atoms with Gasteiger partial charge in [0.05, 0.1) is 6.10 Å². The van der Waals surface area contributed by atoms with Crippen molar-refractivity contribution in [2.24, 2.45) is 5.41 Å². The van der Waals surface area contributed by atoms with Crippen LogP contribution in [0.3, 0.4) is 0 Å². The van der Waals surface area contributed by atoms with Gasteiger partial charge >= 0.3 is 0 Å². The molecule has 76 valence electrons. The van der Waals surface area contributed by atoms with Crippen molar-refractivity contribution in [3.63, 3.8) is 0 Å². The number of hydrogen-bond acceptors (Lipinski definition) is 2. The van der Waals surface area contributed by atoms with Crippen molar-refractivity contribution >= 4 is 0 Å². The molecule has 2 unspecified atom stereocenters. The van der Waals surface area contributed by atoms with Gasteiger partial charge in [-0.2, -0.15) is 0 Å². The fraction of sp³-hybridized carbons (Fsp3) is 1.00. The van der Waals surface area contributed by atoms with Gasteiger partial charge in [-0.1, -0.05) is 12.8 Å². The minimum atomic E-state index is -0.182. The molecular formula is C11H21NO. The number of likely N-dealkylation sites (tertiary alicyclic amines) is 1. The molecule has 2 atom stereocenters. The largest absolute Gasteiger partial charge is 0.392 e. The molecule has 1 aliphatic carbocycles. The zero-order valence-electron chi connectivity index (χ0n) is 8.79. The summed E-state index contributed by atoms with van der Waals surface area (Å²) in [7, 11) is 0. The van der Waals surface area contributed by atoms with Gasteiger partial charge in [0.15, 0.2) is 0 Å². The van der Waals surface area contributed by atoms with Gasteiger partial charge < -0.3 is 5.11 Å². The molecule has 0 bridgehead atoms. The van der Waals surface area contributed by atoms with Gasteiger partial charge in [-0.15, -0.1) is 0 Å². The van der Waals surface area contributed by atoms with Crippen LogP contribution in [0.2, 0.25) is 0 Å². The van der Waals surface area contributed by atoms with Crippen LogP contribution in [0.15, 0.2) is 0 Å². The molecule has 1 aliphatic heterocycles. The SMILES string of the molecule is CC(O)C(C)N1CC2(CCCC2)C1. The molecule has 0 amide bonds. The predicted molar refractivity (Wildman–Crippen MR) is 53.6 cm³/mol. The molecule has 1 spiro atoms. The Morgan fingerprint density at radius 1 is 1.15 bits per heavy atom. The highest BCUT2D eigenvalue weighted by molar-refractivity contribution is 4.99. The van der Waals surface area contributed by atoms with Gasteiger partial charge in [-0.05, 0) is 32.1 Å². The first-order valence-corrected chi connectivity index (χ1v) is 5.55. The first kappa shape index (κ1) is 9.47. The maximum Gasteiger partial charge on any atom is 0.0664 e. The monoisotopic (exact) mass is 183 g/mol. The van der Waals surface area contributed by atoms with Crippen LogP contribution in [-0.4, -0.2) is 35.2 Å². The number of aliphatic hydroxyl groups is 1. The summed E-state index contributed by atoms with van der Waals surface area (Å²) in [6.45, 7) is 6.49. The van der Waals surface area contributed by atoms with Crippen LogP contribution >= 0.6 is 0 Å².